The molecule has 2 aliphatic rings. The number of benzene rings is 8. The molecule has 1 heteroatoms. The second-order valence-corrected chi connectivity index (χ2v) is 14.5. The average molecular weight is 652 g/mol. The zero-order chi connectivity index (χ0) is 34.2. The summed E-state index contributed by atoms with van der Waals surface area (Å²) in [5, 5.41) is 2.47. The molecule has 2 aliphatic carbocycles. The Morgan fingerprint density at radius 3 is 1.55 bits per heavy atom. The first-order valence-electron chi connectivity index (χ1n) is 17.9. The molecule has 0 saturated heterocycles. The van der Waals surface area contributed by atoms with Crippen molar-refractivity contribution in [3.05, 3.63) is 221 Å². The Kier molecular flexibility index (Phi) is 6.51. The number of hydrogen-bond donors (Lipinski definition) is 0. The third-order valence-corrected chi connectivity index (χ3v) is 11.5. The van der Waals surface area contributed by atoms with Crippen molar-refractivity contribution in [3.8, 4) is 22.3 Å². The Hall–Kier alpha value is -6.18. The molecule has 0 spiro atoms. The summed E-state index contributed by atoms with van der Waals surface area (Å²) in [6.45, 7) is 4.72. The van der Waals surface area contributed by atoms with Crippen LogP contribution < -0.4 is 4.90 Å². The highest BCUT2D eigenvalue weighted by atomic mass is 15.1. The van der Waals surface area contributed by atoms with Crippen LogP contribution in [-0.2, 0) is 10.8 Å². The molecule has 51 heavy (non-hydrogen) atoms. The van der Waals surface area contributed by atoms with Crippen LogP contribution in [0.4, 0.5) is 17.1 Å². The van der Waals surface area contributed by atoms with Crippen LogP contribution in [0, 0.1) is 0 Å². The fraction of sp³-hybridized carbons (Fsp3) is 0.0800. The topological polar surface area (TPSA) is 3.24 Å². The van der Waals surface area contributed by atoms with Gasteiger partial charge in [0.2, 0.25) is 0 Å². The molecule has 242 valence electrons. The van der Waals surface area contributed by atoms with Crippen LogP contribution in [0.2, 0.25) is 0 Å². The van der Waals surface area contributed by atoms with E-state index in [-0.39, 0.29) is 5.41 Å². The van der Waals surface area contributed by atoms with E-state index in [2.05, 4.69) is 207 Å². The quantitative estimate of drug-likeness (QED) is 0.179. The van der Waals surface area contributed by atoms with E-state index in [9.17, 15) is 0 Å². The molecule has 0 atom stereocenters. The molecule has 0 aliphatic heterocycles. The highest BCUT2D eigenvalue weighted by Crippen LogP contribution is 2.57. The summed E-state index contributed by atoms with van der Waals surface area (Å²) in [5.74, 6) is 0. The predicted molar refractivity (Wildman–Crippen MR) is 213 cm³/mol. The largest absolute Gasteiger partial charge is 0.310 e. The highest BCUT2D eigenvalue weighted by molar-refractivity contribution is 5.93. The Bertz CT molecular complexity index is 2570. The summed E-state index contributed by atoms with van der Waals surface area (Å²) >= 11 is 0. The minimum absolute atomic E-state index is 0.0984. The maximum atomic E-state index is 2.46. The minimum Gasteiger partial charge on any atom is -0.310 e. The molecule has 8 aromatic carbocycles. The Morgan fingerprint density at radius 1 is 0.333 bits per heavy atom. The molecular formula is C50H37N. The van der Waals surface area contributed by atoms with Gasteiger partial charge in [0.15, 0.2) is 0 Å². The van der Waals surface area contributed by atoms with Gasteiger partial charge in [-0.05, 0) is 103 Å². The van der Waals surface area contributed by atoms with Crippen molar-refractivity contribution in [3.63, 3.8) is 0 Å². The fourth-order valence-corrected chi connectivity index (χ4v) is 9.17. The average Bonchev–Trinajstić information content (AvgIpc) is 3.61. The molecular weight excluding hydrogens is 615 g/mol. The summed E-state index contributed by atoms with van der Waals surface area (Å²) in [5.41, 5.74) is 16.1. The lowest BCUT2D eigenvalue weighted by Crippen LogP contribution is -2.28. The molecule has 0 saturated carbocycles. The summed E-state index contributed by atoms with van der Waals surface area (Å²) in [6, 6.07) is 69.7. The SMILES string of the molecule is CC1(C)c2ccccc2-c2ccc(N(c3ccc4c(c3)-c3ccccc3C4(c3ccccc3)c3ccccc3)c3ccc4ccccc4c3)cc21. The molecule has 0 radical (unpaired) electrons. The molecule has 0 unspecified atom stereocenters. The molecule has 0 aromatic heterocycles. The summed E-state index contributed by atoms with van der Waals surface area (Å²) in [6.07, 6.45) is 0. The lowest BCUT2D eigenvalue weighted by molar-refractivity contribution is 0.660. The maximum absolute atomic E-state index is 2.46. The molecule has 1 nitrogen and oxygen atoms in total. The Morgan fingerprint density at radius 2 is 0.824 bits per heavy atom. The number of hydrogen-bond acceptors (Lipinski definition) is 1. The van der Waals surface area contributed by atoms with Crippen LogP contribution in [0.3, 0.4) is 0 Å². The van der Waals surface area contributed by atoms with Gasteiger partial charge in [-0.3, -0.25) is 0 Å². The first-order valence-corrected chi connectivity index (χ1v) is 17.9. The highest BCUT2D eigenvalue weighted by Gasteiger charge is 2.46. The number of anilines is 3. The van der Waals surface area contributed by atoms with Gasteiger partial charge in [0, 0.05) is 22.5 Å². The van der Waals surface area contributed by atoms with Gasteiger partial charge in [-0.15, -0.1) is 0 Å². The molecule has 0 N–H and O–H groups in total. The summed E-state index contributed by atoms with van der Waals surface area (Å²) < 4.78 is 0. The first kappa shape index (κ1) is 29.7. The normalized spacial score (nSPS) is 14.4. The van der Waals surface area contributed by atoms with E-state index in [4.69, 9.17) is 0 Å². The van der Waals surface area contributed by atoms with Gasteiger partial charge < -0.3 is 4.90 Å². The third kappa shape index (κ3) is 4.28. The summed E-state index contributed by atoms with van der Waals surface area (Å²) in [4.78, 5) is 2.46. The van der Waals surface area contributed by atoms with E-state index < -0.39 is 5.41 Å². The molecule has 8 aromatic rings. The maximum Gasteiger partial charge on any atom is 0.0713 e. The fourth-order valence-electron chi connectivity index (χ4n) is 9.17. The van der Waals surface area contributed by atoms with Crippen molar-refractivity contribution in [2.75, 3.05) is 4.90 Å². The van der Waals surface area contributed by atoms with E-state index in [1.54, 1.807) is 0 Å². The van der Waals surface area contributed by atoms with Crippen molar-refractivity contribution in [2.45, 2.75) is 24.7 Å². The van der Waals surface area contributed by atoms with Gasteiger partial charge >= 0.3 is 0 Å². The smallest absolute Gasteiger partial charge is 0.0713 e. The van der Waals surface area contributed by atoms with Crippen LogP contribution in [0.25, 0.3) is 33.0 Å². The second-order valence-electron chi connectivity index (χ2n) is 14.5. The Labute approximate surface area is 300 Å². The van der Waals surface area contributed by atoms with Gasteiger partial charge in [-0.2, -0.15) is 0 Å². The van der Waals surface area contributed by atoms with Crippen LogP contribution in [0.15, 0.2) is 188 Å². The van der Waals surface area contributed by atoms with E-state index >= 15 is 0 Å². The monoisotopic (exact) mass is 651 g/mol. The van der Waals surface area contributed by atoms with E-state index in [0.717, 1.165) is 17.1 Å². The lowest BCUT2D eigenvalue weighted by Gasteiger charge is -2.34. The summed E-state index contributed by atoms with van der Waals surface area (Å²) in [7, 11) is 0. The first-order chi connectivity index (χ1) is 25.0. The minimum atomic E-state index is -0.426. The van der Waals surface area contributed by atoms with Gasteiger partial charge in [0.1, 0.15) is 0 Å². The van der Waals surface area contributed by atoms with E-state index in [1.165, 1.54) is 66.4 Å². The van der Waals surface area contributed by atoms with Crippen molar-refractivity contribution in [1.82, 2.24) is 0 Å². The van der Waals surface area contributed by atoms with Crippen LogP contribution >= 0.6 is 0 Å². The second kappa shape index (κ2) is 11.2. The van der Waals surface area contributed by atoms with Crippen LogP contribution in [-0.4, -0.2) is 0 Å². The van der Waals surface area contributed by atoms with Gasteiger partial charge in [0.05, 0.1) is 5.41 Å². The number of rotatable bonds is 5. The molecule has 0 heterocycles. The zero-order valence-corrected chi connectivity index (χ0v) is 28.8. The zero-order valence-electron chi connectivity index (χ0n) is 28.8. The number of nitrogens with zero attached hydrogens (tertiary/aromatic N) is 1. The van der Waals surface area contributed by atoms with Crippen LogP contribution in [0.1, 0.15) is 47.2 Å². The van der Waals surface area contributed by atoms with Crippen LogP contribution in [0.5, 0.6) is 0 Å². The van der Waals surface area contributed by atoms with Gasteiger partial charge in [-0.1, -0.05) is 166 Å². The molecule has 0 fully saturated rings. The lowest BCUT2D eigenvalue weighted by atomic mass is 9.68. The molecule has 10 rings (SSSR count). The predicted octanol–water partition coefficient (Wildman–Crippen LogP) is 13.0. The number of fused-ring (bicyclic) bond motifs is 7. The van der Waals surface area contributed by atoms with Gasteiger partial charge in [-0.25, -0.2) is 0 Å². The van der Waals surface area contributed by atoms with Crippen molar-refractivity contribution < 1.29 is 0 Å². The molecule has 0 amide bonds. The van der Waals surface area contributed by atoms with E-state index in [0.29, 0.717) is 0 Å². The third-order valence-electron chi connectivity index (χ3n) is 11.5. The van der Waals surface area contributed by atoms with Crippen molar-refractivity contribution in [2.24, 2.45) is 0 Å². The molecule has 0 bridgehead atoms. The Balaban J connectivity index is 1.22. The standard InChI is InChI=1S/C50H37N/c1-49(2)45-23-13-11-21-41(45)43-29-27-40(33-48(43)49)51(38-26-25-34-15-9-10-16-35(34)31-38)39-28-30-47-44(32-39)42-22-12-14-24-46(42)50(47,36-17-5-3-6-18-36)37-19-7-4-8-20-37/h3-33H,1-2H3. The van der Waals surface area contributed by atoms with E-state index in [1.807, 2.05) is 0 Å². The van der Waals surface area contributed by atoms with Crippen molar-refractivity contribution in [1.29, 1.82) is 0 Å². The van der Waals surface area contributed by atoms with Gasteiger partial charge in [0.25, 0.3) is 0 Å². The van der Waals surface area contributed by atoms with Crippen molar-refractivity contribution >= 4 is 27.8 Å².